The molecule has 0 N–H and O–H groups in total. The number of hydrogen-bond acceptors (Lipinski definition) is 1. The van der Waals surface area contributed by atoms with Gasteiger partial charge in [-0.2, -0.15) is 0 Å². The fraction of sp³-hybridized carbons (Fsp3) is 0.111. The van der Waals surface area contributed by atoms with E-state index in [1.54, 1.807) is 6.26 Å². The molecule has 2 aromatic carbocycles. The molecule has 1 heteroatoms. The van der Waals surface area contributed by atoms with E-state index in [2.05, 4.69) is 30.3 Å². The highest BCUT2D eigenvalue weighted by Gasteiger charge is 1.97. The largest absolute Gasteiger partial charge is 0.501 e. The van der Waals surface area contributed by atoms with Crippen molar-refractivity contribution in [2.24, 2.45) is 0 Å². The van der Waals surface area contributed by atoms with Crippen LogP contribution in [0.15, 0.2) is 73.0 Å². The van der Waals surface area contributed by atoms with E-state index in [9.17, 15) is 0 Å². The van der Waals surface area contributed by atoms with E-state index in [1.165, 1.54) is 11.1 Å². The lowest BCUT2D eigenvalue weighted by atomic mass is 10.0. The van der Waals surface area contributed by atoms with Crippen molar-refractivity contribution in [3.05, 3.63) is 84.1 Å². The summed E-state index contributed by atoms with van der Waals surface area (Å²) in [4.78, 5) is 0. The van der Waals surface area contributed by atoms with Gasteiger partial charge in [-0.3, -0.25) is 0 Å². The molecule has 0 atom stereocenters. The molecule has 0 amide bonds. The van der Waals surface area contributed by atoms with Gasteiger partial charge in [-0.1, -0.05) is 60.7 Å². The number of hydrogen-bond donors (Lipinski definition) is 0. The van der Waals surface area contributed by atoms with E-state index in [-0.39, 0.29) is 0 Å². The Kier molecular flexibility index (Phi) is 5.00. The Labute approximate surface area is 114 Å². The van der Waals surface area contributed by atoms with Gasteiger partial charge >= 0.3 is 0 Å². The van der Waals surface area contributed by atoms with Crippen LogP contribution in [0.4, 0.5) is 0 Å². The van der Waals surface area contributed by atoms with Crippen LogP contribution >= 0.6 is 0 Å². The molecule has 0 fully saturated rings. The highest BCUT2D eigenvalue weighted by atomic mass is 16.5. The third-order valence-corrected chi connectivity index (χ3v) is 2.74. The fourth-order valence-corrected chi connectivity index (χ4v) is 1.80. The SMILES string of the molecule is CCO/C=C/C(=C/c1ccccc1)c1ccccc1. The summed E-state index contributed by atoms with van der Waals surface area (Å²) in [7, 11) is 0. The maximum absolute atomic E-state index is 5.30. The summed E-state index contributed by atoms with van der Waals surface area (Å²) >= 11 is 0. The minimum Gasteiger partial charge on any atom is -0.501 e. The summed E-state index contributed by atoms with van der Waals surface area (Å²) in [6.45, 7) is 2.66. The zero-order valence-corrected chi connectivity index (χ0v) is 11.1. The molecule has 0 saturated heterocycles. The molecule has 1 nitrogen and oxygen atoms in total. The molecule has 0 aliphatic heterocycles. The van der Waals surface area contributed by atoms with Gasteiger partial charge in [-0.15, -0.1) is 0 Å². The molecule has 19 heavy (non-hydrogen) atoms. The maximum Gasteiger partial charge on any atom is 0.0845 e. The zero-order valence-electron chi connectivity index (χ0n) is 11.1. The van der Waals surface area contributed by atoms with E-state index in [0.717, 1.165) is 5.57 Å². The quantitative estimate of drug-likeness (QED) is 0.421. The first-order chi connectivity index (χ1) is 9.40. The number of allylic oxidation sites excluding steroid dienone is 2. The van der Waals surface area contributed by atoms with E-state index in [1.807, 2.05) is 49.4 Å². The Morgan fingerprint density at radius 2 is 1.58 bits per heavy atom. The van der Waals surface area contributed by atoms with Crippen molar-refractivity contribution in [1.29, 1.82) is 0 Å². The van der Waals surface area contributed by atoms with Gasteiger partial charge in [-0.25, -0.2) is 0 Å². The van der Waals surface area contributed by atoms with Crippen molar-refractivity contribution in [2.75, 3.05) is 6.61 Å². The molecule has 96 valence electrons. The molecule has 0 radical (unpaired) electrons. The molecule has 0 heterocycles. The number of ether oxygens (including phenoxy) is 1. The lowest BCUT2D eigenvalue weighted by molar-refractivity contribution is 0.269. The van der Waals surface area contributed by atoms with E-state index >= 15 is 0 Å². The van der Waals surface area contributed by atoms with Gasteiger partial charge in [0.15, 0.2) is 0 Å². The van der Waals surface area contributed by atoms with Gasteiger partial charge in [0.2, 0.25) is 0 Å². The summed E-state index contributed by atoms with van der Waals surface area (Å²) in [5.41, 5.74) is 3.50. The van der Waals surface area contributed by atoms with Gasteiger partial charge in [0.05, 0.1) is 12.9 Å². The Balaban J connectivity index is 2.32. The van der Waals surface area contributed by atoms with Crippen LogP contribution in [-0.2, 0) is 4.74 Å². The highest BCUT2D eigenvalue weighted by molar-refractivity contribution is 5.87. The second-order valence-corrected chi connectivity index (χ2v) is 4.13. The molecular weight excluding hydrogens is 232 g/mol. The standard InChI is InChI=1S/C18H18O/c1-2-19-14-13-18(17-11-7-4-8-12-17)15-16-9-5-3-6-10-16/h3-15H,2H2,1H3/b14-13+,18-15-. The lowest BCUT2D eigenvalue weighted by Crippen LogP contribution is -1.83. The molecular formula is C18H18O. The van der Waals surface area contributed by atoms with Crippen LogP contribution in [0.3, 0.4) is 0 Å². The molecule has 0 aliphatic carbocycles. The number of rotatable bonds is 5. The van der Waals surface area contributed by atoms with Crippen LogP contribution in [0.5, 0.6) is 0 Å². The highest BCUT2D eigenvalue weighted by Crippen LogP contribution is 2.19. The molecule has 0 aromatic heterocycles. The second-order valence-electron chi connectivity index (χ2n) is 4.13. The Morgan fingerprint density at radius 3 is 2.21 bits per heavy atom. The van der Waals surface area contributed by atoms with E-state index in [4.69, 9.17) is 4.74 Å². The number of benzene rings is 2. The van der Waals surface area contributed by atoms with Crippen molar-refractivity contribution in [3.63, 3.8) is 0 Å². The van der Waals surface area contributed by atoms with Gasteiger partial charge in [0.1, 0.15) is 0 Å². The molecule has 0 spiro atoms. The molecule has 2 aromatic rings. The Hall–Kier alpha value is -2.28. The predicted octanol–water partition coefficient (Wildman–Crippen LogP) is 4.78. The molecule has 0 bridgehead atoms. The summed E-state index contributed by atoms with van der Waals surface area (Å²) in [5, 5.41) is 0. The first kappa shape index (κ1) is 13.2. The predicted molar refractivity (Wildman–Crippen MR) is 81.5 cm³/mol. The minimum absolute atomic E-state index is 0.684. The normalized spacial score (nSPS) is 11.7. The van der Waals surface area contributed by atoms with Crippen LogP contribution in [0.25, 0.3) is 11.6 Å². The van der Waals surface area contributed by atoms with Gasteiger partial charge in [-0.05, 0) is 35.8 Å². The third kappa shape index (κ3) is 4.14. The first-order valence-corrected chi connectivity index (χ1v) is 6.50. The van der Waals surface area contributed by atoms with E-state index < -0.39 is 0 Å². The Bertz CT molecular complexity index is 538. The van der Waals surface area contributed by atoms with Crippen LogP contribution in [0, 0.1) is 0 Å². The molecule has 0 saturated carbocycles. The third-order valence-electron chi connectivity index (χ3n) is 2.74. The van der Waals surface area contributed by atoms with Crippen molar-refractivity contribution < 1.29 is 4.74 Å². The van der Waals surface area contributed by atoms with Gasteiger partial charge < -0.3 is 4.74 Å². The van der Waals surface area contributed by atoms with Crippen LogP contribution in [0.2, 0.25) is 0 Å². The molecule has 2 rings (SSSR count). The lowest BCUT2D eigenvalue weighted by Gasteiger charge is -2.03. The summed E-state index contributed by atoms with van der Waals surface area (Å²) in [6.07, 6.45) is 5.92. The monoisotopic (exact) mass is 250 g/mol. The average Bonchev–Trinajstić information content (AvgIpc) is 2.48. The summed E-state index contributed by atoms with van der Waals surface area (Å²) in [6, 6.07) is 20.6. The van der Waals surface area contributed by atoms with Crippen LogP contribution in [0.1, 0.15) is 18.1 Å². The van der Waals surface area contributed by atoms with Gasteiger partial charge in [0.25, 0.3) is 0 Å². The van der Waals surface area contributed by atoms with Gasteiger partial charge in [0, 0.05) is 0 Å². The summed E-state index contributed by atoms with van der Waals surface area (Å²) < 4.78 is 5.30. The second kappa shape index (κ2) is 7.22. The van der Waals surface area contributed by atoms with E-state index in [0.29, 0.717) is 6.61 Å². The van der Waals surface area contributed by atoms with Crippen molar-refractivity contribution in [3.8, 4) is 0 Å². The Morgan fingerprint density at radius 1 is 0.947 bits per heavy atom. The van der Waals surface area contributed by atoms with Crippen molar-refractivity contribution >= 4 is 11.6 Å². The van der Waals surface area contributed by atoms with Crippen LogP contribution in [-0.4, -0.2) is 6.61 Å². The topological polar surface area (TPSA) is 9.23 Å². The molecule has 0 aliphatic rings. The molecule has 0 unspecified atom stereocenters. The van der Waals surface area contributed by atoms with Crippen molar-refractivity contribution in [2.45, 2.75) is 6.92 Å². The average molecular weight is 250 g/mol. The zero-order chi connectivity index (χ0) is 13.3. The minimum atomic E-state index is 0.684. The first-order valence-electron chi connectivity index (χ1n) is 6.50. The smallest absolute Gasteiger partial charge is 0.0845 e. The van der Waals surface area contributed by atoms with Crippen LogP contribution < -0.4 is 0 Å². The fourth-order valence-electron chi connectivity index (χ4n) is 1.80. The summed E-state index contributed by atoms with van der Waals surface area (Å²) in [5.74, 6) is 0. The maximum atomic E-state index is 5.30. The van der Waals surface area contributed by atoms with Crippen molar-refractivity contribution in [1.82, 2.24) is 0 Å².